The van der Waals surface area contributed by atoms with Gasteiger partial charge in [-0.1, -0.05) is 30.3 Å². The van der Waals surface area contributed by atoms with E-state index in [0.29, 0.717) is 11.3 Å². The fourth-order valence-electron chi connectivity index (χ4n) is 1.50. The molecule has 1 N–H and O–H groups in total. The molecular weight excluding hydrogens is 278 g/mol. The highest BCUT2D eigenvalue weighted by Gasteiger charge is 2.09. The summed E-state index contributed by atoms with van der Waals surface area (Å²) < 4.78 is 5.41. The Labute approximate surface area is 120 Å². The summed E-state index contributed by atoms with van der Waals surface area (Å²) in [6.45, 7) is 0. The third-order valence-electron chi connectivity index (χ3n) is 2.40. The second-order valence-electron chi connectivity index (χ2n) is 3.83. The molecule has 1 heterocycles. The molecule has 2 aromatic rings. The maximum absolute atomic E-state index is 11.0. The number of hydrazone groups is 1. The van der Waals surface area contributed by atoms with E-state index < -0.39 is 5.91 Å². The molecule has 0 atom stereocenters. The highest BCUT2D eigenvalue weighted by atomic mass is 35.5. The molecule has 2 rings (SSSR count). The molecule has 0 bridgehead atoms. The Morgan fingerprint density at radius 1 is 1.45 bits per heavy atom. The first-order valence-electron chi connectivity index (χ1n) is 5.74. The van der Waals surface area contributed by atoms with Crippen LogP contribution in [0.3, 0.4) is 0 Å². The monoisotopic (exact) mass is 287 g/mol. The lowest BCUT2D eigenvalue weighted by molar-refractivity contribution is -0.120. The van der Waals surface area contributed by atoms with Crippen molar-refractivity contribution in [1.29, 1.82) is 5.26 Å². The van der Waals surface area contributed by atoms with Gasteiger partial charge in [-0.25, -0.2) is 5.43 Å². The third kappa shape index (κ3) is 3.46. The minimum atomic E-state index is -0.480. The summed E-state index contributed by atoms with van der Waals surface area (Å²) in [5.74, 6) is 0.132. The minimum Gasteiger partial charge on any atom is -0.444 e. The van der Waals surface area contributed by atoms with Crippen molar-refractivity contribution in [3.8, 4) is 17.4 Å². The van der Waals surface area contributed by atoms with Crippen LogP contribution in [0.15, 0.2) is 45.9 Å². The number of carbonyl (C=O) groups excluding carboxylic acids is 1. The zero-order chi connectivity index (χ0) is 14.4. The number of nitrogens with one attached hydrogen (secondary N) is 1. The summed E-state index contributed by atoms with van der Waals surface area (Å²) in [6, 6.07) is 12.9. The van der Waals surface area contributed by atoms with E-state index in [1.807, 2.05) is 30.3 Å². The Bertz CT molecular complexity index is 671. The molecule has 0 saturated heterocycles. The molecule has 6 heteroatoms. The van der Waals surface area contributed by atoms with Crippen LogP contribution >= 0.6 is 11.6 Å². The van der Waals surface area contributed by atoms with Crippen molar-refractivity contribution in [3.63, 3.8) is 0 Å². The smallest absolute Gasteiger partial charge is 0.254 e. The summed E-state index contributed by atoms with van der Waals surface area (Å²) >= 11 is 5.95. The van der Waals surface area contributed by atoms with E-state index in [0.717, 1.165) is 5.56 Å². The van der Waals surface area contributed by atoms with Crippen LogP contribution in [0.4, 0.5) is 0 Å². The molecule has 100 valence electrons. The molecule has 0 radical (unpaired) electrons. The normalized spacial score (nSPS) is 10.4. The predicted octanol–water partition coefficient (Wildman–Crippen LogP) is 2.96. The molecule has 5 nitrogen and oxygen atoms in total. The molecule has 0 spiro atoms. The van der Waals surface area contributed by atoms with Gasteiger partial charge < -0.3 is 4.42 Å². The Balaban J connectivity index is 2.11. The molecule has 1 aromatic heterocycles. The van der Waals surface area contributed by atoms with Crippen molar-refractivity contribution in [2.45, 2.75) is 6.42 Å². The number of furan rings is 1. The van der Waals surface area contributed by atoms with E-state index in [-0.39, 0.29) is 11.6 Å². The number of carbonyl (C=O) groups is 1. The Morgan fingerprint density at radius 2 is 2.20 bits per heavy atom. The highest BCUT2D eigenvalue weighted by Crippen LogP contribution is 2.27. The molecule has 0 aliphatic heterocycles. The average Bonchev–Trinajstić information content (AvgIpc) is 2.82. The van der Waals surface area contributed by atoms with Crippen molar-refractivity contribution < 1.29 is 9.21 Å². The van der Waals surface area contributed by atoms with E-state index in [2.05, 4.69) is 10.5 Å². The summed E-state index contributed by atoms with van der Waals surface area (Å²) in [7, 11) is 0. The van der Waals surface area contributed by atoms with Gasteiger partial charge in [-0.3, -0.25) is 4.79 Å². The van der Waals surface area contributed by atoms with Gasteiger partial charge in [-0.05, 0) is 17.7 Å². The largest absolute Gasteiger partial charge is 0.444 e. The molecule has 0 aliphatic rings. The Morgan fingerprint density at radius 3 is 2.90 bits per heavy atom. The van der Waals surface area contributed by atoms with E-state index in [1.54, 1.807) is 12.1 Å². The molecule has 1 aromatic carbocycles. The molecular formula is C14H10ClN3O2. The number of nitriles is 1. The molecule has 0 unspecified atom stereocenters. The van der Waals surface area contributed by atoms with Crippen molar-refractivity contribution in [3.05, 3.63) is 47.2 Å². The van der Waals surface area contributed by atoms with E-state index in [9.17, 15) is 4.79 Å². The van der Waals surface area contributed by atoms with Crippen LogP contribution in [-0.2, 0) is 4.79 Å². The molecule has 20 heavy (non-hydrogen) atoms. The molecule has 0 fully saturated rings. The van der Waals surface area contributed by atoms with E-state index >= 15 is 0 Å². The highest BCUT2D eigenvalue weighted by molar-refractivity contribution is 6.31. The summed E-state index contributed by atoms with van der Waals surface area (Å²) in [4.78, 5) is 11.0. The van der Waals surface area contributed by atoms with Gasteiger partial charge >= 0.3 is 0 Å². The minimum absolute atomic E-state index is 0.183. The maximum atomic E-state index is 11.0. The number of amides is 1. The summed E-state index contributed by atoms with van der Waals surface area (Å²) in [6.07, 6.45) is 1.12. The van der Waals surface area contributed by atoms with Gasteiger partial charge in [0, 0.05) is 5.56 Å². The van der Waals surface area contributed by atoms with Crippen LogP contribution < -0.4 is 5.43 Å². The number of halogens is 1. The van der Waals surface area contributed by atoms with Gasteiger partial charge in [-0.2, -0.15) is 10.4 Å². The van der Waals surface area contributed by atoms with Crippen LogP contribution in [-0.4, -0.2) is 12.1 Å². The summed E-state index contributed by atoms with van der Waals surface area (Å²) in [5, 5.41) is 12.2. The standard InChI is InChI=1S/C14H10ClN3O2/c15-14-11(9-17-18-13(19)6-7-16)8-12(20-14)10-4-2-1-3-5-10/h1-5,8-9H,6H2,(H,18,19)/b17-9+. The van der Waals surface area contributed by atoms with Gasteiger partial charge in [-0.15, -0.1) is 0 Å². The fraction of sp³-hybridized carbons (Fsp3) is 0.0714. The van der Waals surface area contributed by atoms with Crippen molar-refractivity contribution in [2.75, 3.05) is 0 Å². The van der Waals surface area contributed by atoms with Gasteiger partial charge in [0.2, 0.25) is 5.22 Å². The van der Waals surface area contributed by atoms with Crippen LogP contribution in [0.25, 0.3) is 11.3 Å². The Hall–Kier alpha value is -2.58. The second kappa shape index (κ2) is 6.55. The van der Waals surface area contributed by atoms with Crippen LogP contribution in [0.2, 0.25) is 5.22 Å². The lowest BCUT2D eigenvalue weighted by Crippen LogP contribution is -2.16. The van der Waals surface area contributed by atoms with Gasteiger partial charge in [0.1, 0.15) is 12.2 Å². The molecule has 0 aliphatic carbocycles. The Kier molecular flexibility index (Phi) is 4.53. The number of rotatable bonds is 4. The van der Waals surface area contributed by atoms with Gasteiger partial charge in [0.05, 0.1) is 17.8 Å². The maximum Gasteiger partial charge on any atom is 0.254 e. The second-order valence-corrected chi connectivity index (χ2v) is 4.18. The zero-order valence-electron chi connectivity index (χ0n) is 10.3. The first-order chi connectivity index (χ1) is 9.70. The zero-order valence-corrected chi connectivity index (χ0v) is 11.1. The lowest BCUT2D eigenvalue weighted by atomic mass is 10.1. The van der Waals surface area contributed by atoms with Crippen molar-refractivity contribution in [2.24, 2.45) is 5.10 Å². The number of hydrogen-bond acceptors (Lipinski definition) is 4. The third-order valence-corrected chi connectivity index (χ3v) is 2.70. The first kappa shape index (κ1) is 13.8. The van der Waals surface area contributed by atoms with Crippen LogP contribution in [0.1, 0.15) is 12.0 Å². The molecule has 0 saturated carbocycles. The number of hydrogen-bond donors (Lipinski definition) is 1. The fourth-order valence-corrected chi connectivity index (χ4v) is 1.69. The SMILES string of the molecule is N#CCC(=O)N/N=C/c1cc(-c2ccccc2)oc1Cl. The van der Waals surface area contributed by atoms with Gasteiger partial charge in [0.25, 0.3) is 5.91 Å². The topological polar surface area (TPSA) is 78.4 Å². The van der Waals surface area contributed by atoms with Crippen molar-refractivity contribution in [1.82, 2.24) is 5.43 Å². The predicted molar refractivity (Wildman–Crippen MR) is 75.1 cm³/mol. The molecule has 1 amide bonds. The van der Waals surface area contributed by atoms with E-state index in [1.165, 1.54) is 6.21 Å². The van der Waals surface area contributed by atoms with Crippen molar-refractivity contribution >= 4 is 23.7 Å². The average molecular weight is 288 g/mol. The number of benzene rings is 1. The lowest BCUT2D eigenvalue weighted by Gasteiger charge is -1.93. The quantitative estimate of drug-likeness (QED) is 0.693. The van der Waals surface area contributed by atoms with Crippen LogP contribution in [0.5, 0.6) is 0 Å². The summed E-state index contributed by atoms with van der Waals surface area (Å²) in [5.41, 5.74) is 3.65. The number of nitrogens with zero attached hydrogens (tertiary/aromatic N) is 2. The van der Waals surface area contributed by atoms with Crippen LogP contribution in [0, 0.1) is 11.3 Å². The first-order valence-corrected chi connectivity index (χ1v) is 6.12. The van der Waals surface area contributed by atoms with E-state index in [4.69, 9.17) is 21.3 Å². The van der Waals surface area contributed by atoms with Gasteiger partial charge in [0.15, 0.2) is 0 Å².